The van der Waals surface area contributed by atoms with Crippen molar-refractivity contribution in [1.29, 1.82) is 0 Å². The second-order valence-corrected chi connectivity index (χ2v) is 15.4. The Morgan fingerprint density at radius 2 is 1.68 bits per heavy atom. The van der Waals surface area contributed by atoms with Gasteiger partial charge < -0.3 is 19.5 Å². The molecule has 1 N–H and O–H groups in total. The molecule has 3 amide bonds. The first-order valence-corrected chi connectivity index (χ1v) is 19.5. The number of nitrogens with zero attached hydrogens (tertiary/aromatic N) is 8. The number of benzene rings is 3. The van der Waals surface area contributed by atoms with Crippen LogP contribution >= 0.6 is 0 Å². The van der Waals surface area contributed by atoms with E-state index in [1.54, 1.807) is 42.3 Å². The van der Waals surface area contributed by atoms with Gasteiger partial charge in [0.15, 0.2) is 11.2 Å². The summed E-state index contributed by atoms with van der Waals surface area (Å²) >= 11 is 0. The standard InChI is InChI=1S/C44H39F2N9O5/c1-26-36-38(50-41(48-26)49-30-9-5-4-6-10-30)52(20-8-21-53-40(57)44(2,3)60-43(53)59)42(58)55(36)31-16-13-27(14-17-31)39(56)51-22-18-32-33-11-7-19-47-37(33)54(35(32)25-51)24-28-12-15-29(45)23-34(28)46/h4-7,9-17,19,23H,8,18,20-22,24-25H2,1-3H3,(H,48,49,50). The van der Waals surface area contributed by atoms with Crippen LogP contribution in [0.4, 0.5) is 25.2 Å². The van der Waals surface area contributed by atoms with Gasteiger partial charge in [0.25, 0.3) is 11.8 Å². The van der Waals surface area contributed by atoms with Crippen LogP contribution in [0, 0.1) is 18.6 Å². The summed E-state index contributed by atoms with van der Waals surface area (Å²) in [5.74, 6) is -1.72. The fraction of sp³-hybridized carbons (Fsp3) is 0.250. The van der Waals surface area contributed by atoms with Crippen LogP contribution in [0.1, 0.15) is 53.1 Å². The Kier molecular flexibility index (Phi) is 9.48. The van der Waals surface area contributed by atoms with Gasteiger partial charge in [-0.05, 0) is 93.8 Å². The summed E-state index contributed by atoms with van der Waals surface area (Å²) in [7, 11) is 0. The molecule has 6 heterocycles. The van der Waals surface area contributed by atoms with Crippen molar-refractivity contribution in [3.8, 4) is 5.69 Å². The van der Waals surface area contributed by atoms with E-state index in [1.807, 2.05) is 47.0 Å². The summed E-state index contributed by atoms with van der Waals surface area (Å²) in [5, 5.41) is 4.13. The highest BCUT2D eigenvalue weighted by molar-refractivity contribution is 6.02. The van der Waals surface area contributed by atoms with Crippen LogP contribution in [-0.4, -0.2) is 75.1 Å². The number of cyclic esters (lactones) is 1. The number of imide groups is 1. The maximum absolute atomic E-state index is 14.9. The van der Waals surface area contributed by atoms with Gasteiger partial charge >= 0.3 is 11.8 Å². The number of hydrogen-bond acceptors (Lipinski definition) is 9. The van der Waals surface area contributed by atoms with Crippen molar-refractivity contribution < 1.29 is 27.9 Å². The van der Waals surface area contributed by atoms with Gasteiger partial charge in [-0.3, -0.25) is 18.7 Å². The SMILES string of the molecule is Cc1nc(Nc2ccccc2)nc2c1n(-c1ccc(C(=O)N3CCc4c(n(Cc5ccc(F)cc5F)c5ncccc45)C3)cc1)c(=O)n2CCCN1C(=O)OC(C)(C)C1=O. The van der Waals surface area contributed by atoms with Crippen LogP contribution in [0.2, 0.25) is 0 Å². The molecule has 0 saturated carbocycles. The highest BCUT2D eigenvalue weighted by Gasteiger charge is 2.46. The molecule has 4 aromatic heterocycles. The maximum atomic E-state index is 14.9. The first-order valence-electron chi connectivity index (χ1n) is 19.5. The molecule has 0 aliphatic carbocycles. The average molecular weight is 812 g/mol. The molecule has 0 atom stereocenters. The Labute approximate surface area is 341 Å². The number of fused-ring (bicyclic) bond motifs is 4. The number of ether oxygens (including phenoxy) is 1. The van der Waals surface area contributed by atoms with Gasteiger partial charge in [-0.1, -0.05) is 24.3 Å². The monoisotopic (exact) mass is 811 g/mol. The lowest BCUT2D eigenvalue weighted by Crippen LogP contribution is -2.37. The van der Waals surface area contributed by atoms with Crippen LogP contribution in [0.5, 0.6) is 0 Å². The van der Waals surface area contributed by atoms with Crippen LogP contribution in [-0.2, 0) is 35.6 Å². The second kappa shape index (κ2) is 14.9. The zero-order chi connectivity index (χ0) is 41.9. The van der Waals surface area contributed by atoms with E-state index >= 15 is 0 Å². The highest BCUT2D eigenvalue weighted by Crippen LogP contribution is 2.32. The summed E-state index contributed by atoms with van der Waals surface area (Å²) in [6.07, 6.45) is 1.74. The zero-order valence-corrected chi connectivity index (χ0v) is 33.0. The number of aryl methyl sites for hydroxylation is 2. The molecule has 0 bridgehead atoms. The number of pyridine rings is 1. The fourth-order valence-electron chi connectivity index (χ4n) is 8.12. The maximum Gasteiger partial charge on any atom is 0.417 e. The molecule has 1 saturated heterocycles. The quantitative estimate of drug-likeness (QED) is 0.160. The number of anilines is 2. The number of amides is 3. The molecule has 2 aliphatic heterocycles. The molecular weight excluding hydrogens is 773 g/mol. The normalized spacial score (nSPS) is 14.9. The molecular formula is C44H39F2N9O5. The zero-order valence-electron chi connectivity index (χ0n) is 33.0. The van der Waals surface area contributed by atoms with Gasteiger partial charge in [0.2, 0.25) is 5.95 Å². The minimum atomic E-state index is -1.26. The topological polar surface area (TPSA) is 149 Å². The van der Waals surface area contributed by atoms with E-state index in [-0.39, 0.29) is 44.5 Å². The van der Waals surface area contributed by atoms with E-state index in [1.165, 1.54) is 35.1 Å². The van der Waals surface area contributed by atoms with Crippen LogP contribution < -0.4 is 11.0 Å². The third-order valence-corrected chi connectivity index (χ3v) is 11.1. The molecule has 0 spiro atoms. The van der Waals surface area contributed by atoms with Crippen molar-refractivity contribution in [2.75, 3.05) is 18.4 Å². The van der Waals surface area contributed by atoms with Crippen molar-refractivity contribution in [2.45, 2.75) is 58.8 Å². The van der Waals surface area contributed by atoms with Gasteiger partial charge in [0.1, 0.15) is 22.8 Å². The minimum Gasteiger partial charge on any atom is -0.433 e. The summed E-state index contributed by atoms with van der Waals surface area (Å²) in [6.45, 7) is 5.80. The predicted molar refractivity (Wildman–Crippen MR) is 218 cm³/mol. The number of nitrogens with one attached hydrogen (secondary N) is 1. The number of para-hydroxylation sites is 1. The third-order valence-electron chi connectivity index (χ3n) is 11.1. The summed E-state index contributed by atoms with van der Waals surface area (Å²) in [4.78, 5) is 70.6. The molecule has 0 radical (unpaired) electrons. The average Bonchev–Trinajstić information content (AvgIpc) is 3.77. The van der Waals surface area contributed by atoms with E-state index in [9.17, 15) is 28.0 Å². The number of hydrogen-bond donors (Lipinski definition) is 1. The predicted octanol–water partition coefficient (Wildman–Crippen LogP) is 6.66. The van der Waals surface area contributed by atoms with Crippen molar-refractivity contribution >= 4 is 51.7 Å². The molecule has 16 heteroatoms. The molecule has 1 fully saturated rings. The largest absolute Gasteiger partial charge is 0.433 e. The third kappa shape index (κ3) is 6.72. The van der Waals surface area contributed by atoms with E-state index < -0.39 is 34.9 Å². The summed E-state index contributed by atoms with van der Waals surface area (Å²) in [5.41, 5.74) is 4.09. The smallest absolute Gasteiger partial charge is 0.417 e. The van der Waals surface area contributed by atoms with Gasteiger partial charge in [0.05, 0.1) is 24.5 Å². The van der Waals surface area contributed by atoms with E-state index in [0.717, 1.165) is 33.3 Å². The lowest BCUT2D eigenvalue weighted by Gasteiger charge is -2.29. The molecule has 3 aromatic carbocycles. The number of aromatic nitrogens is 6. The Balaban J connectivity index is 1.02. The molecule has 7 aromatic rings. The highest BCUT2D eigenvalue weighted by atomic mass is 19.1. The number of imidazole rings is 1. The summed E-state index contributed by atoms with van der Waals surface area (Å²) < 4.78 is 38.7. The lowest BCUT2D eigenvalue weighted by molar-refractivity contribution is -0.134. The first-order chi connectivity index (χ1) is 28.9. The number of carbonyl (C=O) groups is 3. The number of halogens is 2. The van der Waals surface area contributed by atoms with E-state index in [4.69, 9.17) is 9.72 Å². The Bertz CT molecular complexity index is 2920. The van der Waals surface area contributed by atoms with E-state index in [2.05, 4.69) is 15.3 Å². The number of rotatable bonds is 10. The molecule has 60 heavy (non-hydrogen) atoms. The second-order valence-electron chi connectivity index (χ2n) is 15.4. The van der Waals surface area contributed by atoms with Crippen molar-refractivity contribution in [3.05, 3.63) is 141 Å². The van der Waals surface area contributed by atoms with Crippen LogP contribution in [0.25, 0.3) is 27.9 Å². The van der Waals surface area contributed by atoms with Crippen LogP contribution in [0.15, 0.2) is 95.9 Å². The minimum absolute atomic E-state index is 0.0363. The van der Waals surface area contributed by atoms with Gasteiger partial charge in [0, 0.05) is 59.8 Å². The van der Waals surface area contributed by atoms with Crippen molar-refractivity contribution in [3.63, 3.8) is 0 Å². The molecule has 14 nitrogen and oxygen atoms in total. The fourth-order valence-corrected chi connectivity index (χ4v) is 8.12. The lowest BCUT2D eigenvalue weighted by atomic mass is 10.0. The summed E-state index contributed by atoms with van der Waals surface area (Å²) in [6, 6.07) is 23.4. The van der Waals surface area contributed by atoms with Gasteiger partial charge in [-0.15, -0.1) is 0 Å². The Hall–Kier alpha value is -7.23. The molecule has 2 aliphatic rings. The van der Waals surface area contributed by atoms with Crippen molar-refractivity contribution in [2.24, 2.45) is 0 Å². The van der Waals surface area contributed by atoms with Crippen molar-refractivity contribution in [1.82, 2.24) is 38.5 Å². The molecule has 0 unspecified atom stereocenters. The van der Waals surface area contributed by atoms with Gasteiger partial charge in [-0.25, -0.2) is 33.2 Å². The van der Waals surface area contributed by atoms with Gasteiger partial charge in [-0.2, -0.15) is 4.98 Å². The molecule has 304 valence electrons. The Morgan fingerprint density at radius 3 is 2.42 bits per heavy atom. The number of carbonyl (C=O) groups excluding carboxylic acids is 3. The van der Waals surface area contributed by atoms with Crippen LogP contribution in [0.3, 0.4) is 0 Å². The van der Waals surface area contributed by atoms with E-state index in [0.29, 0.717) is 52.3 Å². The first kappa shape index (κ1) is 38.3. The molecule has 9 rings (SSSR count). The Morgan fingerprint density at radius 1 is 0.900 bits per heavy atom.